The minimum Gasteiger partial charge on any atom is -0.0628 e. The second-order valence-corrected chi connectivity index (χ2v) is 14.1. The van der Waals surface area contributed by atoms with E-state index in [2.05, 4.69) is 34.6 Å². The molecular weight excluding hydrogens is 360 g/mol. The van der Waals surface area contributed by atoms with E-state index in [0.29, 0.717) is 10.8 Å². The Morgan fingerprint density at radius 1 is 0.733 bits per heavy atom. The Hall–Kier alpha value is 0. The molecule has 0 amide bonds. The smallest absolute Gasteiger partial charge is 0.0261 e. The summed E-state index contributed by atoms with van der Waals surface area (Å²) in [4.78, 5) is 0. The molecule has 0 nitrogen and oxygen atoms in total. The largest absolute Gasteiger partial charge is 0.0628 e. The first-order chi connectivity index (χ1) is 14.3. The Bertz CT molecular complexity index is 614. The van der Waals surface area contributed by atoms with E-state index in [-0.39, 0.29) is 0 Å². The molecular formula is C30H52. The van der Waals surface area contributed by atoms with E-state index in [9.17, 15) is 0 Å². The Morgan fingerprint density at radius 2 is 1.50 bits per heavy atom. The molecule has 5 fully saturated rings. The van der Waals surface area contributed by atoms with Crippen molar-refractivity contribution in [2.75, 3.05) is 0 Å². The summed E-state index contributed by atoms with van der Waals surface area (Å²) in [6.45, 7) is 13.0. The maximum atomic E-state index is 2.80. The highest BCUT2D eigenvalue weighted by atomic mass is 14.7. The first kappa shape index (κ1) is 21.8. The zero-order valence-electron chi connectivity index (χ0n) is 21.1. The van der Waals surface area contributed by atoms with Crippen molar-refractivity contribution in [2.45, 2.75) is 131 Å². The normalized spacial score (nSPS) is 48.0. The van der Waals surface area contributed by atoms with E-state index in [0.717, 1.165) is 46.8 Å². The van der Waals surface area contributed by atoms with Crippen LogP contribution in [0, 0.1) is 57.7 Å². The third-order valence-corrected chi connectivity index (χ3v) is 12.5. The quantitative estimate of drug-likeness (QED) is 0.422. The van der Waals surface area contributed by atoms with Gasteiger partial charge in [0.05, 0.1) is 0 Å². The van der Waals surface area contributed by atoms with Gasteiger partial charge in [-0.15, -0.1) is 0 Å². The zero-order chi connectivity index (χ0) is 21.1. The van der Waals surface area contributed by atoms with Crippen molar-refractivity contribution in [1.29, 1.82) is 0 Å². The third kappa shape index (κ3) is 3.19. The Morgan fingerprint density at radius 3 is 2.20 bits per heavy atom. The molecule has 0 aromatic carbocycles. The molecule has 1 spiro atoms. The van der Waals surface area contributed by atoms with E-state index >= 15 is 0 Å². The van der Waals surface area contributed by atoms with Crippen molar-refractivity contribution in [3.05, 3.63) is 0 Å². The molecule has 30 heavy (non-hydrogen) atoms. The maximum Gasteiger partial charge on any atom is -0.0261 e. The molecule has 0 heterocycles. The lowest BCUT2D eigenvalue weighted by molar-refractivity contribution is -0.202. The van der Waals surface area contributed by atoms with Gasteiger partial charge < -0.3 is 0 Å². The van der Waals surface area contributed by atoms with Gasteiger partial charge in [-0.3, -0.25) is 0 Å². The summed E-state index contributed by atoms with van der Waals surface area (Å²) in [6.07, 6.45) is 23.3. The van der Waals surface area contributed by atoms with Crippen LogP contribution in [0.2, 0.25) is 0 Å². The molecule has 8 atom stereocenters. The van der Waals surface area contributed by atoms with Crippen LogP contribution in [0.25, 0.3) is 0 Å². The van der Waals surface area contributed by atoms with Crippen molar-refractivity contribution < 1.29 is 0 Å². The van der Waals surface area contributed by atoms with Gasteiger partial charge in [-0.25, -0.2) is 0 Å². The van der Waals surface area contributed by atoms with Crippen molar-refractivity contribution in [1.82, 2.24) is 0 Å². The monoisotopic (exact) mass is 412 g/mol. The summed E-state index contributed by atoms with van der Waals surface area (Å²) in [5, 5.41) is 0. The number of rotatable bonds is 5. The van der Waals surface area contributed by atoms with Gasteiger partial charge >= 0.3 is 0 Å². The van der Waals surface area contributed by atoms with Crippen LogP contribution < -0.4 is 0 Å². The topological polar surface area (TPSA) is 0 Å². The summed E-state index contributed by atoms with van der Waals surface area (Å²) in [7, 11) is 0. The third-order valence-electron chi connectivity index (χ3n) is 12.5. The average Bonchev–Trinajstić information content (AvgIpc) is 3.02. The molecule has 5 aliphatic rings. The predicted molar refractivity (Wildman–Crippen MR) is 129 cm³/mol. The molecule has 0 saturated heterocycles. The predicted octanol–water partition coefficient (Wildman–Crippen LogP) is 9.28. The highest BCUT2D eigenvalue weighted by Crippen LogP contribution is 2.75. The van der Waals surface area contributed by atoms with Crippen LogP contribution in [-0.4, -0.2) is 0 Å². The highest BCUT2D eigenvalue weighted by molar-refractivity contribution is 5.16. The summed E-state index contributed by atoms with van der Waals surface area (Å²) >= 11 is 0. The van der Waals surface area contributed by atoms with Gasteiger partial charge in [-0.05, 0) is 115 Å². The molecule has 0 aromatic rings. The lowest BCUT2D eigenvalue weighted by atomic mass is 9.36. The molecule has 0 bridgehead atoms. The average molecular weight is 413 g/mol. The maximum absolute atomic E-state index is 2.80. The fourth-order valence-electron chi connectivity index (χ4n) is 10.8. The van der Waals surface area contributed by atoms with Crippen molar-refractivity contribution in [3.63, 3.8) is 0 Å². The standard InChI is InChI=1S/C30H52/c1-21(2)10-8-11-22(3)24-13-14-25-27-26(15-19-29(24,25)5)28(4)16-7-6-12-23(28)20-30(27)17-9-18-30/h21-27H,6-20H2,1-5H3. The first-order valence-electron chi connectivity index (χ1n) is 14.3. The van der Waals surface area contributed by atoms with Gasteiger partial charge in [0.25, 0.3) is 0 Å². The number of hydrogen-bond donors (Lipinski definition) is 0. The number of hydrogen-bond acceptors (Lipinski definition) is 0. The highest BCUT2D eigenvalue weighted by Gasteiger charge is 2.67. The van der Waals surface area contributed by atoms with Crippen LogP contribution in [0.3, 0.4) is 0 Å². The van der Waals surface area contributed by atoms with Crippen LogP contribution in [0.1, 0.15) is 131 Å². The molecule has 0 radical (unpaired) electrons. The summed E-state index contributed by atoms with van der Waals surface area (Å²) in [5.41, 5.74) is 2.15. The fraction of sp³-hybridized carbons (Fsp3) is 1.00. The summed E-state index contributed by atoms with van der Waals surface area (Å²) < 4.78 is 0. The second-order valence-electron chi connectivity index (χ2n) is 14.1. The Labute approximate surface area is 188 Å². The van der Waals surface area contributed by atoms with Crippen LogP contribution in [0.15, 0.2) is 0 Å². The van der Waals surface area contributed by atoms with E-state index in [1.54, 1.807) is 64.2 Å². The molecule has 8 unspecified atom stereocenters. The molecule has 0 aliphatic heterocycles. The minimum absolute atomic E-state index is 0.666. The fourth-order valence-corrected chi connectivity index (χ4v) is 10.8. The van der Waals surface area contributed by atoms with Crippen LogP contribution >= 0.6 is 0 Å². The van der Waals surface area contributed by atoms with Gasteiger partial charge in [-0.2, -0.15) is 0 Å². The van der Waals surface area contributed by atoms with E-state index in [4.69, 9.17) is 0 Å². The number of fused-ring (bicyclic) bond motifs is 6. The molecule has 0 heteroatoms. The van der Waals surface area contributed by atoms with E-state index in [1.165, 1.54) is 32.1 Å². The molecule has 5 saturated carbocycles. The molecule has 172 valence electrons. The SMILES string of the molecule is CC(C)CCCC(C)C1CCC2C3C(CCC12C)C1(C)CCCCC1CC31CCC1. The lowest BCUT2D eigenvalue weighted by Gasteiger charge is -2.69. The summed E-state index contributed by atoms with van der Waals surface area (Å²) in [6, 6.07) is 0. The van der Waals surface area contributed by atoms with Crippen LogP contribution in [0.4, 0.5) is 0 Å². The van der Waals surface area contributed by atoms with Crippen LogP contribution in [-0.2, 0) is 0 Å². The first-order valence-corrected chi connectivity index (χ1v) is 14.3. The van der Waals surface area contributed by atoms with Gasteiger partial charge in [-0.1, -0.05) is 73.1 Å². The molecule has 5 rings (SSSR count). The van der Waals surface area contributed by atoms with Crippen LogP contribution in [0.5, 0.6) is 0 Å². The van der Waals surface area contributed by atoms with E-state index < -0.39 is 0 Å². The Balaban J connectivity index is 1.39. The molecule has 0 aromatic heterocycles. The zero-order valence-corrected chi connectivity index (χ0v) is 21.1. The van der Waals surface area contributed by atoms with Crippen molar-refractivity contribution in [2.24, 2.45) is 57.7 Å². The van der Waals surface area contributed by atoms with Gasteiger partial charge in [0, 0.05) is 0 Å². The molecule has 0 N–H and O–H groups in total. The lowest BCUT2D eigenvalue weighted by Crippen LogP contribution is -2.61. The summed E-state index contributed by atoms with van der Waals surface area (Å²) in [5.74, 6) is 7.16. The van der Waals surface area contributed by atoms with Gasteiger partial charge in [0.15, 0.2) is 0 Å². The molecule has 5 aliphatic carbocycles. The van der Waals surface area contributed by atoms with E-state index in [1.807, 2.05) is 0 Å². The minimum atomic E-state index is 0.666. The Kier molecular flexibility index (Phi) is 5.67. The second kappa shape index (κ2) is 7.80. The van der Waals surface area contributed by atoms with Gasteiger partial charge in [0.2, 0.25) is 0 Å². The van der Waals surface area contributed by atoms with Crippen molar-refractivity contribution >= 4 is 0 Å². The van der Waals surface area contributed by atoms with Crippen molar-refractivity contribution in [3.8, 4) is 0 Å². The van der Waals surface area contributed by atoms with Gasteiger partial charge in [0.1, 0.15) is 0 Å².